The van der Waals surface area contributed by atoms with E-state index in [9.17, 15) is 9.59 Å². The summed E-state index contributed by atoms with van der Waals surface area (Å²) in [5.74, 6) is 0.271. The van der Waals surface area contributed by atoms with Gasteiger partial charge in [0.2, 0.25) is 0 Å². The third-order valence-corrected chi connectivity index (χ3v) is 4.83. The number of nitrogens with one attached hydrogen (secondary N) is 1. The highest BCUT2D eigenvalue weighted by molar-refractivity contribution is 8.18. The van der Waals surface area contributed by atoms with E-state index in [-0.39, 0.29) is 11.1 Å². The molecule has 0 spiro atoms. The maximum atomic E-state index is 12.2. The molecule has 2 aromatic carbocycles. The second-order valence-electron chi connectivity index (χ2n) is 5.38. The molecule has 0 saturated carbocycles. The van der Waals surface area contributed by atoms with E-state index in [1.807, 2.05) is 0 Å². The van der Waals surface area contributed by atoms with Gasteiger partial charge in [-0.2, -0.15) is 4.99 Å². The van der Waals surface area contributed by atoms with Crippen LogP contribution in [0.2, 0.25) is 5.02 Å². The SMILES string of the molecule is COc1cccc(/C=C2\SC(=NC(=O)c3ccc(Cl)cc3)NC2=O)c1OC. The summed E-state index contributed by atoms with van der Waals surface area (Å²) in [4.78, 5) is 28.8. The Balaban J connectivity index is 1.84. The zero-order valence-electron chi connectivity index (χ0n) is 14.5. The van der Waals surface area contributed by atoms with Gasteiger partial charge in [0.1, 0.15) is 0 Å². The number of amidine groups is 1. The highest BCUT2D eigenvalue weighted by Crippen LogP contribution is 2.35. The lowest BCUT2D eigenvalue weighted by molar-refractivity contribution is -0.115. The molecule has 8 heteroatoms. The summed E-state index contributed by atoms with van der Waals surface area (Å²) in [6, 6.07) is 11.7. The monoisotopic (exact) mass is 402 g/mol. The first kappa shape index (κ1) is 19.0. The summed E-state index contributed by atoms with van der Waals surface area (Å²) in [5, 5.41) is 3.33. The van der Waals surface area contributed by atoms with E-state index in [1.165, 1.54) is 7.11 Å². The Bertz CT molecular complexity index is 955. The molecule has 3 rings (SSSR count). The maximum Gasteiger partial charge on any atom is 0.279 e. The van der Waals surface area contributed by atoms with Crippen LogP contribution in [-0.2, 0) is 4.79 Å². The predicted molar refractivity (Wildman–Crippen MR) is 106 cm³/mol. The van der Waals surface area contributed by atoms with Gasteiger partial charge in [0.05, 0.1) is 19.1 Å². The Morgan fingerprint density at radius 2 is 1.89 bits per heavy atom. The van der Waals surface area contributed by atoms with Crippen molar-refractivity contribution in [2.24, 2.45) is 4.99 Å². The molecular formula is C19H15ClN2O4S. The minimum Gasteiger partial charge on any atom is -0.493 e. The van der Waals surface area contributed by atoms with Crippen molar-refractivity contribution in [1.29, 1.82) is 0 Å². The fourth-order valence-corrected chi connectivity index (χ4v) is 3.33. The fraction of sp³-hybridized carbons (Fsp3) is 0.105. The van der Waals surface area contributed by atoms with Crippen LogP contribution in [0.25, 0.3) is 6.08 Å². The van der Waals surface area contributed by atoms with Crippen LogP contribution in [0.4, 0.5) is 0 Å². The summed E-state index contributed by atoms with van der Waals surface area (Å²) in [6.45, 7) is 0. The van der Waals surface area contributed by atoms with Crippen LogP contribution < -0.4 is 14.8 Å². The zero-order valence-corrected chi connectivity index (χ0v) is 16.1. The first-order valence-electron chi connectivity index (χ1n) is 7.82. The van der Waals surface area contributed by atoms with Crippen molar-refractivity contribution in [2.75, 3.05) is 14.2 Å². The number of amides is 2. The number of methoxy groups -OCH3 is 2. The molecule has 2 aromatic rings. The smallest absolute Gasteiger partial charge is 0.279 e. The molecule has 0 aliphatic carbocycles. The number of nitrogens with zero attached hydrogens (tertiary/aromatic N) is 1. The van der Waals surface area contributed by atoms with Crippen molar-refractivity contribution in [3.8, 4) is 11.5 Å². The molecule has 0 aromatic heterocycles. The van der Waals surface area contributed by atoms with Gasteiger partial charge in [-0.15, -0.1) is 0 Å². The number of hydrogen-bond donors (Lipinski definition) is 1. The number of carbonyl (C=O) groups is 2. The van der Waals surface area contributed by atoms with Crippen molar-refractivity contribution in [3.05, 3.63) is 63.5 Å². The fourth-order valence-electron chi connectivity index (χ4n) is 2.40. The van der Waals surface area contributed by atoms with E-state index in [0.29, 0.717) is 32.6 Å². The van der Waals surface area contributed by atoms with E-state index in [1.54, 1.807) is 55.7 Å². The van der Waals surface area contributed by atoms with E-state index < -0.39 is 5.91 Å². The average Bonchev–Trinajstić information content (AvgIpc) is 3.00. The highest BCUT2D eigenvalue weighted by atomic mass is 35.5. The Labute approximate surface area is 165 Å². The molecule has 0 bridgehead atoms. The van der Waals surface area contributed by atoms with Gasteiger partial charge in [-0.1, -0.05) is 23.7 Å². The Morgan fingerprint density at radius 1 is 1.15 bits per heavy atom. The quantitative estimate of drug-likeness (QED) is 0.788. The van der Waals surface area contributed by atoms with Gasteiger partial charge in [0.25, 0.3) is 11.8 Å². The molecule has 6 nitrogen and oxygen atoms in total. The lowest BCUT2D eigenvalue weighted by Crippen LogP contribution is -2.20. The van der Waals surface area contributed by atoms with E-state index in [0.717, 1.165) is 11.8 Å². The summed E-state index contributed by atoms with van der Waals surface area (Å²) in [6.07, 6.45) is 1.66. The van der Waals surface area contributed by atoms with Crippen LogP contribution in [0.15, 0.2) is 52.4 Å². The van der Waals surface area contributed by atoms with Crippen LogP contribution >= 0.6 is 23.4 Å². The molecule has 1 fully saturated rings. The first-order valence-corrected chi connectivity index (χ1v) is 9.01. The van der Waals surface area contributed by atoms with E-state index >= 15 is 0 Å². The minimum atomic E-state index is -0.463. The molecule has 0 atom stereocenters. The van der Waals surface area contributed by atoms with Crippen molar-refractivity contribution < 1.29 is 19.1 Å². The number of rotatable bonds is 4. The third-order valence-electron chi connectivity index (χ3n) is 3.67. The van der Waals surface area contributed by atoms with Gasteiger partial charge >= 0.3 is 0 Å². The van der Waals surface area contributed by atoms with Crippen molar-refractivity contribution >= 4 is 46.4 Å². The second kappa shape index (κ2) is 8.28. The molecule has 1 saturated heterocycles. The number of hydrogen-bond acceptors (Lipinski definition) is 5. The average molecular weight is 403 g/mol. The summed E-state index contributed by atoms with van der Waals surface area (Å²) < 4.78 is 10.6. The molecule has 0 unspecified atom stereocenters. The number of thioether (sulfide) groups is 1. The zero-order chi connectivity index (χ0) is 19.4. The van der Waals surface area contributed by atoms with E-state index in [2.05, 4.69) is 10.3 Å². The topological polar surface area (TPSA) is 77.0 Å². The Hall–Kier alpha value is -2.77. The van der Waals surface area contributed by atoms with Crippen LogP contribution in [-0.4, -0.2) is 31.2 Å². The van der Waals surface area contributed by atoms with Crippen molar-refractivity contribution in [2.45, 2.75) is 0 Å². The standard InChI is InChI=1S/C19H15ClN2O4S/c1-25-14-5-3-4-12(16(14)26-2)10-15-18(24)22-19(27-15)21-17(23)11-6-8-13(20)9-7-11/h3-10H,1-2H3,(H,21,22,23,24)/b15-10-. The summed E-state index contributed by atoms with van der Waals surface area (Å²) in [5.41, 5.74) is 1.06. The Kier molecular flexibility index (Phi) is 5.83. The molecule has 27 heavy (non-hydrogen) atoms. The second-order valence-corrected chi connectivity index (χ2v) is 6.84. The van der Waals surface area contributed by atoms with Gasteiger partial charge in [-0.3, -0.25) is 9.59 Å². The number of carbonyl (C=O) groups excluding carboxylic acids is 2. The molecular weight excluding hydrogens is 388 g/mol. The largest absolute Gasteiger partial charge is 0.493 e. The minimum absolute atomic E-state index is 0.216. The maximum absolute atomic E-state index is 12.2. The molecule has 0 radical (unpaired) electrons. The van der Waals surface area contributed by atoms with Gasteiger partial charge in [0.15, 0.2) is 16.7 Å². The Morgan fingerprint density at radius 3 is 2.56 bits per heavy atom. The van der Waals surface area contributed by atoms with Crippen LogP contribution in [0.3, 0.4) is 0 Å². The van der Waals surface area contributed by atoms with Gasteiger partial charge < -0.3 is 14.8 Å². The lowest BCUT2D eigenvalue weighted by Gasteiger charge is -2.10. The molecule has 138 valence electrons. The summed E-state index contributed by atoms with van der Waals surface area (Å²) >= 11 is 6.89. The number of benzene rings is 2. The predicted octanol–water partition coefficient (Wildman–Crippen LogP) is 3.76. The summed E-state index contributed by atoms with van der Waals surface area (Å²) in [7, 11) is 3.07. The highest BCUT2D eigenvalue weighted by Gasteiger charge is 2.25. The normalized spacial score (nSPS) is 16.5. The van der Waals surface area contributed by atoms with Gasteiger partial charge in [-0.05, 0) is 48.2 Å². The number of para-hydroxylation sites is 1. The molecule has 1 heterocycles. The van der Waals surface area contributed by atoms with Gasteiger partial charge in [-0.25, -0.2) is 0 Å². The van der Waals surface area contributed by atoms with Crippen molar-refractivity contribution in [3.63, 3.8) is 0 Å². The third kappa shape index (κ3) is 4.32. The first-order chi connectivity index (χ1) is 13.0. The van der Waals surface area contributed by atoms with Crippen LogP contribution in [0.5, 0.6) is 11.5 Å². The number of aliphatic imine (C=N–C) groups is 1. The lowest BCUT2D eigenvalue weighted by atomic mass is 10.1. The molecule has 1 N–H and O–H groups in total. The number of ether oxygens (including phenoxy) is 2. The molecule has 1 aliphatic heterocycles. The van der Waals surface area contributed by atoms with Crippen molar-refractivity contribution in [1.82, 2.24) is 5.32 Å². The van der Waals surface area contributed by atoms with E-state index in [4.69, 9.17) is 21.1 Å². The van der Waals surface area contributed by atoms with Gasteiger partial charge in [0, 0.05) is 16.1 Å². The van der Waals surface area contributed by atoms with Crippen LogP contribution in [0, 0.1) is 0 Å². The number of halogens is 1. The van der Waals surface area contributed by atoms with Crippen LogP contribution in [0.1, 0.15) is 15.9 Å². The molecule has 2 amide bonds. The molecule has 1 aliphatic rings.